The van der Waals surface area contributed by atoms with Crippen LogP contribution in [0.3, 0.4) is 0 Å². The zero-order valence-electron chi connectivity index (χ0n) is 43.5. The number of rotatable bonds is 52. The average molecular weight is 927 g/mol. The Morgan fingerprint density at radius 2 is 0.859 bits per heavy atom. The molecule has 3 atom stereocenters. The summed E-state index contributed by atoms with van der Waals surface area (Å²) in [5.74, 6) is -0.160. The van der Waals surface area contributed by atoms with Gasteiger partial charge in [0.15, 0.2) is 0 Å². The number of allylic oxidation sites excluding steroid dienone is 2. The van der Waals surface area contributed by atoms with Gasteiger partial charge in [0.2, 0.25) is 5.91 Å². The highest BCUT2D eigenvalue weighted by Gasteiger charge is 2.24. The van der Waals surface area contributed by atoms with Crippen LogP contribution in [0.1, 0.15) is 284 Å². The number of carbonyl (C=O) groups excluding carboxylic acids is 1. The molecule has 0 rings (SSSR count). The van der Waals surface area contributed by atoms with E-state index in [1.807, 2.05) is 21.1 Å². The number of phosphoric acid groups is 1. The van der Waals surface area contributed by atoms with Crippen molar-refractivity contribution in [2.24, 2.45) is 0 Å². The van der Waals surface area contributed by atoms with Gasteiger partial charge in [-0.1, -0.05) is 251 Å². The molecule has 9 heteroatoms. The summed E-state index contributed by atoms with van der Waals surface area (Å²) in [6.45, 7) is 4.76. The summed E-state index contributed by atoms with van der Waals surface area (Å²) in [5.41, 5.74) is 0. The van der Waals surface area contributed by atoms with Crippen molar-refractivity contribution in [2.75, 3.05) is 40.9 Å². The molecule has 382 valence electrons. The molecule has 3 unspecified atom stereocenters. The van der Waals surface area contributed by atoms with Gasteiger partial charge in [-0.2, -0.15) is 0 Å². The van der Waals surface area contributed by atoms with Gasteiger partial charge >= 0.3 is 0 Å². The lowest BCUT2D eigenvalue weighted by atomic mass is 10.0. The first-order chi connectivity index (χ1) is 31.0. The van der Waals surface area contributed by atoms with Crippen LogP contribution in [0.4, 0.5) is 0 Å². The molecule has 64 heavy (non-hydrogen) atoms. The van der Waals surface area contributed by atoms with E-state index in [9.17, 15) is 19.4 Å². The molecule has 2 N–H and O–H groups in total. The van der Waals surface area contributed by atoms with Gasteiger partial charge in [0, 0.05) is 6.42 Å². The van der Waals surface area contributed by atoms with Crippen LogP contribution >= 0.6 is 7.82 Å². The molecule has 0 spiro atoms. The highest BCUT2D eigenvalue weighted by atomic mass is 31.2. The van der Waals surface area contributed by atoms with Gasteiger partial charge in [0.25, 0.3) is 7.82 Å². The summed E-state index contributed by atoms with van der Waals surface area (Å²) in [7, 11) is 1.32. The van der Waals surface area contributed by atoms with Crippen LogP contribution in [0.25, 0.3) is 0 Å². The predicted octanol–water partition coefficient (Wildman–Crippen LogP) is 16.0. The van der Waals surface area contributed by atoms with Crippen molar-refractivity contribution in [3.8, 4) is 0 Å². The Balaban J connectivity index is 4.09. The number of aliphatic hydroxyl groups is 1. The number of nitrogens with zero attached hydrogens (tertiary/aromatic N) is 1. The van der Waals surface area contributed by atoms with Crippen LogP contribution in [0.2, 0.25) is 0 Å². The van der Waals surface area contributed by atoms with Crippen molar-refractivity contribution in [2.45, 2.75) is 296 Å². The molecule has 0 aliphatic heterocycles. The number of hydrogen-bond acceptors (Lipinski definition) is 6. The smallest absolute Gasteiger partial charge is 0.268 e. The monoisotopic (exact) mass is 927 g/mol. The van der Waals surface area contributed by atoms with E-state index < -0.39 is 20.0 Å². The van der Waals surface area contributed by atoms with Crippen LogP contribution < -0.4 is 10.2 Å². The fraction of sp³-hybridized carbons (Fsp3) is 0.945. The maximum atomic E-state index is 13.0. The van der Waals surface area contributed by atoms with Crippen molar-refractivity contribution in [1.82, 2.24) is 5.32 Å². The molecule has 0 saturated carbocycles. The Labute approximate surface area is 399 Å². The van der Waals surface area contributed by atoms with E-state index in [1.54, 1.807) is 0 Å². The summed E-state index contributed by atoms with van der Waals surface area (Å²) in [4.78, 5) is 25.5. The molecule has 1 amide bonds. The highest BCUT2D eigenvalue weighted by molar-refractivity contribution is 7.45. The number of likely N-dealkylation sites (N-methyl/N-ethyl adjacent to an activating group) is 1. The average Bonchev–Trinajstić information content (AvgIpc) is 3.25. The lowest BCUT2D eigenvalue weighted by Crippen LogP contribution is -2.46. The number of phosphoric ester groups is 1. The minimum atomic E-state index is -4.57. The van der Waals surface area contributed by atoms with Crippen LogP contribution in [0.15, 0.2) is 12.2 Å². The van der Waals surface area contributed by atoms with E-state index in [0.717, 1.165) is 38.5 Å². The zero-order valence-corrected chi connectivity index (χ0v) is 44.4. The molecule has 0 fully saturated rings. The highest BCUT2D eigenvalue weighted by Crippen LogP contribution is 2.38. The normalized spacial score (nSPS) is 14.0. The second-order valence-electron chi connectivity index (χ2n) is 20.6. The summed E-state index contributed by atoms with van der Waals surface area (Å²) in [6.07, 6.45) is 56.7. The molecular formula is C55H111N2O6P. The first kappa shape index (κ1) is 63.2. The van der Waals surface area contributed by atoms with Crippen molar-refractivity contribution in [1.29, 1.82) is 0 Å². The van der Waals surface area contributed by atoms with Crippen molar-refractivity contribution < 1.29 is 32.9 Å². The third kappa shape index (κ3) is 49.2. The van der Waals surface area contributed by atoms with E-state index >= 15 is 0 Å². The Morgan fingerprint density at radius 3 is 1.22 bits per heavy atom. The van der Waals surface area contributed by atoms with Crippen molar-refractivity contribution in [3.05, 3.63) is 12.2 Å². The lowest BCUT2D eigenvalue weighted by Gasteiger charge is -2.30. The maximum absolute atomic E-state index is 13.0. The third-order valence-electron chi connectivity index (χ3n) is 13.0. The largest absolute Gasteiger partial charge is 0.756 e. The molecule has 0 radical (unpaired) electrons. The summed E-state index contributed by atoms with van der Waals surface area (Å²) in [6, 6.07) is -0.796. The first-order valence-electron chi connectivity index (χ1n) is 28.0. The van der Waals surface area contributed by atoms with Gasteiger partial charge in [-0.15, -0.1) is 0 Å². The topological polar surface area (TPSA) is 108 Å². The van der Waals surface area contributed by atoms with Gasteiger partial charge < -0.3 is 28.8 Å². The predicted molar refractivity (Wildman–Crippen MR) is 275 cm³/mol. The molecule has 0 heterocycles. The standard InChI is InChI=1S/C55H111N2O6P/c1-6-8-10-12-14-16-18-20-22-23-24-25-26-27-28-29-30-31-32-33-35-37-39-41-43-45-47-49-55(59)56-53(52-63-64(60,61)62-51-50-57(3,4)5)54(58)48-46-44-42-40-38-36-34-21-19-17-15-13-11-9-7-2/h23-24,53-54,58H,6-22,25-52H2,1-5H3,(H-,56,59,60,61)/b24-23-. The number of quaternary nitrogens is 1. The van der Waals surface area contributed by atoms with E-state index in [-0.39, 0.29) is 19.1 Å². The number of hydrogen-bond donors (Lipinski definition) is 2. The van der Waals surface area contributed by atoms with Crippen molar-refractivity contribution >= 4 is 13.7 Å². The minimum Gasteiger partial charge on any atom is -0.756 e. The van der Waals surface area contributed by atoms with Gasteiger partial charge in [0.05, 0.1) is 39.9 Å². The first-order valence-corrected chi connectivity index (χ1v) is 29.5. The number of nitrogens with one attached hydrogen (secondary N) is 1. The fourth-order valence-corrected chi connectivity index (χ4v) is 9.29. The molecular weight excluding hydrogens is 816 g/mol. The minimum absolute atomic E-state index is 0.0151. The molecule has 0 aromatic carbocycles. The fourth-order valence-electron chi connectivity index (χ4n) is 8.57. The molecule has 0 saturated heterocycles. The maximum Gasteiger partial charge on any atom is 0.268 e. The lowest BCUT2D eigenvalue weighted by molar-refractivity contribution is -0.870. The van der Waals surface area contributed by atoms with E-state index in [0.29, 0.717) is 23.9 Å². The van der Waals surface area contributed by atoms with Crippen LogP contribution in [-0.2, 0) is 18.4 Å². The zero-order chi connectivity index (χ0) is 47.1. The number of unbranched alkanes of at least 4 members (excludes halogenated alkanes) is 37. The third-order valence-corrected chi connectivity index (χ3v) is 14.0. The summed E-state index contributed by atoms with van der Waals surface area (Å²) < 4.78 is 23.4. The van der Waals surface area contributed by atoms with Crippen molar-refractivity contribution in [3.63, 3.8) is 0 Å². The number of amides is 1. The van der Waals surface area contributed by atoms with Gasteiger partial charge in [-0.05, 0) is 38.5 Å². The number of carbonyl (C=O) groups is 1. The van der Waals surface area contributed by atoms with Gasteiger partial charge in [-0.25, -0.2) is 0 Å². The quantitative estimate of drug-likeness (QED) is 0.0272. The summed E-state index contributed by atoms with van der Waals surface area (Å²) >= 11 is 0. The Morgan fingerprint density at radius 1 is 0.531 bits per heavy atom. The van der Waals surface area contributed by atoms with Gasteiger partial charge in [-0.3, -0.25) is 9.36 Å². The second kappa shape index (κ2) is 47.3. The van der Waals surface area contributed by atoms with Crippen LogP contribution in [0, 0.1) is 0 Å². The molecule has 0 aromatic rings. The molecule has 0 aromatic heterocycles. The molecule has 0 aliphatic carbocycles. The Bertz CT molecular complexity index is 1050. The Hall–Kier alpha value is -0.760. The molecule has 8 nitrogen and oxygen atoms in total. The summed E-state index contributed by atoms with van der Waals surface area (Å²) in [5, 5.41) is 14.0. The van der Waals surface area contributed by atoms with Crippen LogP contribution in [-0.4, -0.2) is 68.5 Å². The van der Waals surface area contributed by atoms with Gasteiger partial charge in [0.1, 0.15) is 13.2 Å². The SMILES string of the molecule is CCCCCCCCCC/C=C\CCCCCCCCCCCCCCCCCC(=O)NC(COP(=O)([O-])OCC[N+](C)(C)C)C(O)CCCCCCCCCCCCCCCCC. The Kier molecular flexibility index (Phi) is 46.8. The van der Waals surface area contributed by atoms with E-state index in [2.05, 4.69) is 31.3 Å². The van der Waals surface area contributed by atoms with E-state index in [1.165, 1.54) is 218 Å². The second-order valence-corrected chi connectivity index (χ2v) is 22.1. The number of aliphatic hydroxyl groups excluding tert-OH is 1. The molecule has 0 bridgehead atoms. The van der Waals surface area contributed by atoms with E-state index in [4.69, 9.17) is 9.05 Å². The molecule has 0 aliphatic rings. The van der Waals surface area contributed by atoms with Crippen LogP contribution in [0.5, 0.6) is 0 Å².